The summed E-state index contributed by atoms with van der Waals surface area (Å²) >= 11 is 5.81. The predicted molar refractivity (Wildman–Crippen MR) is 83.2 cm³/mol. The summed E-state index contributed by atoms with van der Waals surface area (Å²) < 4.78 is 5.43. The van der Waals surface area contributed by atoms with Crippen LogP contribution in [0.5, 0.6) is 5.75 Å². The smallest absolute Gasteiger partial charge is 0.288 e. The van der Waals surface area contributed by atoms with Crippen molar-refractivity contribution >= 4 is 23.2 Å². The van der Waals surface area contributed by atoms with Crippen molar-refractivity contribution in [3.05, 3.63) is 33.3 Å². The van der Waals surface area contributed by atoms with Crippen LogP contribution in [-0.4, -0.2) is 34.9 Å². The van der Waals surface area contributed by atoms with E-state index >= 15 is 0 Å². The summed E-state index contributed by atoms with van der Waals surface area (Å²) in [6, 6.07) is 4.41. The average molecular weight is 327 g/mol. The van der Waals surface area contributed by atoms with E-state index in [1.807, 2.05) is 4.90 Å². The van der Waals surface area contributed by atoms with Crippen LogP contribution in [0, 0.1) is 16.0 Å². The minimum absolute atomic E-state index is 0.00354. The third-order valence-corrected chi connectivity index (χ3v) is 3.65. The van der Waals surface area contributed by atoms with Crippen LogP contribution in [-0.2, 0) is 4.79 Å². The van der Waals surface area contributed by atoms with Crippen LogP contribution in [0.3, 0.4) is 0 Å². The first-order valence-corrected chi connectivity index (χ1v) is 7.62. The van der Waals surface area contributed by atoms with E-state index in [2.05, 4.69) is 13.8 Å². The third-order valence-electron chi connectivity index (χ3n) is 3.35. The number of nitrogens with zero attached hydrogens (tertiary/aromatic N) is 2. The minimum atomic E-state index is -0.561. The molecule has 0 N–H and O–H groups in total. The molecule has 0 unspecified atom stereocenters. The van der Waals surface area contributed by atoms with Crippen molar-refractivity contribution < 1.29 is 14.5 Å². The lowest BCUT2D eigenvalue weighted by Crippen LogP contribution is -2.39. The Bertz CT molecular complexity index is 573. The van der Waals surface area contributed by atoms with Crippen molar-refractivity contribution in [1.29, 1.82) is 0 Å². The van der Waals surface area contributed by atoms with E-state index in [4.69, 9.17) is 16.3 Å². The Morgan fingerprint density at radius 3 is 2.68 bits per heavy atom. The number of hydrogen-bond donors (Lipinski definition) is 0. The van der Waals surface area contributed by atoms with E-state index in [1.54, 1.807) is 0 Å². The van der Waals surface area contributed by atoms with Gasteiger partial charge in [-0.1, -0.05) is 25.4 Å². The zero-order chi connectivity index (χ0) is 16.3. The molecule has 0 heterocycles. The first-order valence-electron chi connectivity index (χ1n) is 7.24. The highest BCUT2D eigenvalue weighted by Gasteiger charge is 2.32. The van der Waals surface area contributed by atoms with Crippen LogP contribution in [0.2, 0.25) is 5.02 Å². The lowest BCUT2D eigenvalue weighted by molar-refractivity contribution is -0.384. The molecule has 1 aromatic rings. The largest absolute Gasteiger partial charge is 0.484 e. The maximum absolute atomic E-state index is 12.3. The number of halogens is 1. The van der Waals surface area contributed by atoms with Crippen LogP contribution in [0.15, 0.2) is 18.2 Å². The Morgan fingerprint density at radius 2 is 2.18 bits per heavy atom. The fraction of sp³-hybridized carbons (Fsp3) is 0.533. The summed E-state index contributed by atoms with van der Waals surface area (Å²) in [5.74, 6) is 0.688. The normalized spacial score (nSPS) is 14.0. The molecule has 1 amide bonds. The van der Waals surface area contributed by atoms with Crippen LogP contribution in [0.25, 0.3) is 0 Å². The van der Waals surface area contributed by atoms with Gasteiger partial charge in [-0.2, -0.15) is 0 Å². The Hall–Kier alpha value is -1.82. The zero-order valence-corrected chi connectivity index (χ0v) is 13.4. The van der Waals surface area contributed by atoms with E-state index in [0.29, 0.717) is 24.3 Å². The van der Waals surface area contributed by atoms with Crippen molar-refractivity contribution in [3.63, 3.8) is 0 Å². The Balaban J connectivity index is 1.95. The van der Waals surface area contributed by atoms with Crippen molar-refractivity contribution in [2.45, 2.75) is 32.7 Å². The van der Waals surface area contributed by atoms with Gasteiger partial charge in [0.05, 0.1) is 4.92 Å². The lowest BCUT2D eigenvalue weighted by Gasteiger charge is -2.24. The Kier molecular flexibility index (Phi) is 5.24. The van der Waals surface area contributed by atoms with Gasteiger partial charge < -0.3 is 9.64 Å². The molecule has 1 aliphatic carbocycles. The van der Waals surface area contributed by atoms with Crippen LogP contribution in [0.4, 0.5) is 5.69 Å². The van der Waals surface area contributed by atoms with Crippen molar-refractivity contribution in [2.24, 2.45) is 5.92 Å². The number of amides is 1. The van der Waals surface area contributed by atoms with Gasteiger partial charge in [0.2, 0.25) is 0 Å². The van der Waals surface area contributed by atoms with Gasteiger partial charge in [-0.25, -0.2) is 0 Å². The van der Waals surface area contributed by atoms with Gasteiger partial charge in [-0.15, -0.1) is 0 Å². The molecule has 22 heavy (non-hydrogen) atoms. The fourth-order valence-electron chi connectivity index (χ4n) is 2.19. The van der Waals surface area contributed by atoms with E-state index in [-0.39, 0.29) is 23.2 Å². The summed E-state index contributed by atoms with van der Waals surface area (Å²) in [5.41, 5.74) is -0.181. The summed E-state index contributed by atoms with van der Waals surface area (Å²) in [4.78, 5) is 24.2. The minimum Gasteiger partial charge on any atom is -0.484 e. The Morgan fingerprint density at radius 1 is 1.50 bits per heavy atom. The summed E-state index contributed by atoms with van der Waals surface area (Å²) in [7, 11) is 0. The molecule has 1 aliphatic rings. The predicted octanol–water partition coefficient (Wildman–Crippen LogP) is 3.27. The standard InChI is InChI=1S/C15H19ClN2O4/c1-10(2)8-17(11-3-4-11)15(19)9-22-12-5-6-14(18(20)21)13(16)7-12/h5-7,10-11H,3-4,8-9H2,1-2H3. The SMILES string of the molecule is CC(C)CN(C(=O)COc1ccc([N+](=O)[O-])c(Cl)c1)C1CC1. The average Bonchev–Trinajstić information content (AvgIpc) is 3.26. The van der Waals surface area contributed by atoms with Crippen LogP contribution in [0.1, 0.15) is 26.7 Å². The van der Waals surface area contributed by atoms with E-state index in [0.717, 1.165) is 12.8 Å². The van der Waals surface area contributed by atoms with Crippen LogP contribution >= 0.6 is 11.6 Å². The molecule has 120 valence electrons. The lowest BCUT2D eigenvalue weighted by atomic mass is 10.2. The molecule has 1 saturated carbocycles. The molecule has 0 atom stereocenters. The number of hydrogen-bond acceptors (Lipinski definition) is 4. The second-order valence-electron chi connectivity index (χ2n) is 5.83. The van der Waals surface area contributed by atoms with Gasteiger partial charge in [0, 0.05) is 24.7 Å². The summed E-state index contributed by atoms with van der Waals surface area (Å²) in [6.07, 6.45) is 2.09. The molecule has 6 nitrogen and oxygen atoms in total. The van der Waals surface area contributed by atoms with Crippen molar-refractivity contribution in [2.75, 3.05) is 13.2 Å². The number of carbonyl (C=O) groups is 1. The van der Waals surface area contributed by atoms with Crippen LogP contribution < -0.4 is 4.74 Å². The van der Waals surface area contributed by atoms with Gasteiger partial charge >= 0.3 is 0 Å². The summed E-state index contributed by atoms with van der Waals surface area (Å²) in [5, 5.41) is 10.7. The maximum atomic E-state index is 12.3. The number of rotatable bonds is 7. The van der Waals surface area contributed by atoms with E-state index in [1.165, 1.54) is 18.2 Å². The number of nitro groups is 1. The second-order valence-corrected chi connectivity index (χ2v) is 6.24. The third kappa shape index (κ3) is 4.34. The fourth-order valence-corrected chi connectivity index (χ4v) is 2.43. The van der Waals surface area contributed by atoms with Crippen molar-refractivity contribution in [1.82, 2.24) is 4.90 Å². The zero-order valence-electron chi connectivity index (χ0n) is 12.6. The quantitative estimate of drug-likeness (QED) is 0.569. The molecule has 1 fully saturated rings. The highest BCUT2D eigenvalue weighted by atomic mass is 35.5. The molecule has 0 aromatic heterocycles. The highest BCUT2D eigenvalue weighted by Crippen LogP contribution is 2.29. The van der Waals surface area contributed by atoms with Gasteiger partial charge in [0.1, 0.15) is 10.8 Å². The van der Waals surface area contributed by atoms with Gasteiger partial charge in [0.15, 0.2) is 6.61 Å². The molecule has 7 heteroatoms. The van der Waals surface area contributed by atoms with Gasteiger partial charge in [-0.05, 0) is 24.8 Å². The molecule has 0 saturated heterocycles. The van der Waals surface area contributed by atoms with E-state index < -0.39 is 4.92 Å². The summed E-state index contributed by atoms with van der Waals surface area (Å²) in [6.45, 7) is 4.77. The first kappa shape index (κ1) is 16.5. The number of nitro benzene ring substituents is 1. The maximum Gasteiger partial charge on any atom is 0.288 e. The van der Waals surface area contributed by atoms with Gasteiger partial charge in [-0.3, -0.25) is 14.9 Å². The van der Waals surface area contributed by atoms with Gasteiger partial charge in [0.25, 0.3) is 11.6 Å². The molecule has 0 radical (unpaired) electrons. The highest BCUT2D eigenvalue weighted by molar-refractivity contribution is 6.32. The molecule has 0 aliphatic heterocycles. The second kappa shape index (κ2) is 6.96. The molecule has 0 bridgehead atoms. The van der Waals surface area contributed by atoms with Crippen molar-refractivity contribution in [3.8, 4) is 5.75 Å². The number of ether oxygens (including phenoxy) is 1. The number of carbonyl (C=O) groups excluding carboxylic acids is 1. The molecule has 0 spiro atoms. The topological polar surface area (TPSA) is 72.7 Å². The molecule has 1 aromatic carbocycles. The Labute approximate surface area is 134 Å². The molecule has 2 rings (SSSR count). The monoisotopic (exact) mass is 326 g/mol. The first-order chi connectivity index (χ1) is 10.4. The van der Waals surface area contributed by atoms with E-state index in [9.17, 15) is 14.9 Å². The number of benzene rings is 1. The molecular formula is C15H19ClN2O4. The molecular weight excluding hydrogens is 308 g/mol.